The van der Waals surface area contributed by atoms with Gasteiger partial charge in [-0.05, 0) is 51.1 Å². The van der Waals surface area contributed by atoms with Crippen LogP contribution in [0.3, 0.4) is 0 Å². The van der Waals surface area contributed by atoms with Crippen LogP contribution >= 0.6 is 11.3 Å². The van der Waals surface area contributed by atoms with E-state index in [0.717, 1.165) is 13.0 Å². The summed E-state index contributed by atoms with van der Waals surface area (Å²) in [6, 6.07) is 5.17. The van der Waals surface area contributed by atoms with Crippen molar-refractivity contribution in [3.8, 4) is 0 Å². The first-order chi connectivity index (χ1) is 8.59. The Labute approximate surface area is 114 Å². The summed E-state index contributed by atoms with van der Waals surface area (Å²) in [6.45, 7) is 5.06. The van der Waals surface area contributed by atoms with Gasteiger partial charge in [-0.3, -0.25) is 4.90 Å². The zero-order valence-corrected chi connectivity index (χ0v) is 12.1. The van der Waals surface area contributed by atoms with E-state index in [9.17, 15) is 5.11 Å². The van der Waals surface area contributed by atoms with E-state index in [1.165, 1.54) is 17.7 Å². The Morgan fingerprint density at radius 1 is 1.56 bits per heavy atom. The van der Waals surface area contributed by atoms with Gasteiger partial charge in [-0.25, -0.2) is 0 Å². The highest BCUT2D eigenvalue weighted by molar-refractivity contribution is 7.10. The zero-order chi connectivity index (χ0) is 13.1. The minimum Gasteiger partial charge on any atom is -0.393 e. The van der Waals surface area contributed by atoms with Crippen LogP contribution in [0, 0.1) is 0 Å². The van der Waals surface area contributed by atoms with Crippen molar-refractivity contribution in [2.45, 2.75) is 57.3 Å². The lowest BCUT2D eigenvalue weighted by atomic mass is 10.0. The van der Waals surface area contributed by atoms with Crippen LogP contribution in [-0.4, -0.2) is 34.7 Å². The quantitative estimate of drug-likeness (QED) is 0.862. The fourth-order valence-electron chi connectivity index (χ4n) is 3.06. The number of nitrogens with two attached hydrogens (primary N) is 1. The number of likely N-dealkylation sites (tertiary alicyclic amines) is 1. The molecule has 18 heavy (non-hydrogen) atoms. The van der Waals surface area contributed by atoms with Gasteiger partial charge < -0.3 is 10.8 Å². The van der Waals surface area contributed by atoms with Crippen molar-refractivity contribution in [3.63, 3.8) is 0 Å². The third-order valence-corrected chi connectivity index (χ3v) is 4.67. The molecule has 1 fully saturated rings. The van der Waals surface area contributed by atoms with E-state index in [2.05, 4.69) is 29.3 Å². The molecule has 3 N–H and O–H groups in total. The van der Waals surface area contributed by atoms with Gasteiger partial charge in [-0.1, -0.05) is 6.07 Å². The number of thiophene rings is 1. The first-order valence-corrected chi connectivity index (χ1v) is 7.70. The first-order valence-electron chi connectivity index (χ1n) is 6.82. The molecule has 1 aliphatic heterocycles. The van der Waals surface area contributed by atoms with Crippen LogP contribution in [0.4, 0.5) is 0 Å². The largest absolute Gasteiger partial charge is 0.393 e. The lowest BCUT2D eigenvalue weighted by Crippen LogP contribution is -2.42. The van der Waals surface area contributed by atoms with E-state index in [1.807, 2.05) is 6.92 Å². The zero-order valence-electron chi connectivity index (χ0n) is 11.2. The Morgan fingerprint density at radius 2 is 2.33 bits per heavy atom. The third kappa shape index (κ3) is 3.12. The second kappa shape index (κ2) is 6.15. The molecule has 2 rings (SSSR count). The number of rotatable bonds is 5. The summed E-state index contributed by atoms with van der Waals surface area (Å²) in [6.07, 6.45) is 3.02. The summed E-state index contributed by atoms with van der Waals surface area (Å²) in [5.41, 5.74) is 6.20. The fraction of sp³-hybridized carbons (Fsp3) is 0.714. The minimum atomic E-state index is -0.229. The van der Waals surface area contributed by atoms with Crippen LogP contribution in [0.15, 0.2) is 17.5 Å². The van der Waals surface area contributed by atoms with Crippen LogP contribution in [0.2, 0.25) is 0 Å². The maximum absolute atomic E-state index is 9.63. The van der Waals surface area contributed by atoms with Gasteiger partial charge in [-0.2, -0.15) is 0 Å². The molecule has 0 aliphatic carbocycles. The Kier molecular flexibility index (Phi) is 4.78. The molecule has 0 spiro atoms. The number of hydrogen-bond donors (Lipinski definition) is 2. The van der Waals surface area contributed by atoms with Crippen molar-refractivity contribution in [2.24, 2.45) is 5.73 Å². The predicted octanol–water partition coefficient (Wildman–Crippen LogP) is 2.37. The number of hydrogen-bond acceptors (Lipinski definition) is 4. The van der Waals surface area contributed by atoms with Gasteiger partial charge in [0.05, 0.1) is 12.1 Å². The number of aliphatic hydroxyl groups excluding tert-OH is 1. The molecule has 4 heteroatoms. The van der Waals surface area contributed by atoms with Crippen LogP contribution in [0.25, 0.3) is 0 Å². The molecule has 1 saturated heterocycles. The highest BCUT2D eigenvalue weighted by Crippen LogP contribution is 2.35. The van der Waals surface area contributed by atoms with E-state index < -0.39 is 0 Å². The van der Waals surface area contributed by atoms with Gasteiger partial charge in [0.1, 0.15) is 0 Å². The molecule has 0 bridgehead atoms. The Morgan fingerprint density at radius 3 is 2.89 bits per heavy atom. The smallest absolute Gasteiger partial charge is 0.0593 e. The summed E-state index contributed by atoms with van der Waals surface area (Å²) in [5, 5.41) is 11.7. The van der Waals surface area contributed by atoms with Gasteiger partial charge >= 0.3 is 0 Å². The monoisotopic (exact) mass is 268 g/mol. The van der Waals surface area contributed by atoms with E-state index in [1.54, 1.807) is 11.3 Å². The Hall–Kier alpha value is -0.420. The molecule has 2 heterocycles. The average molecular weight is 268 g/mol. The van der Waals surface area contributed by atoms with Crippen molar-refractivity contribution in [2.75, 3.05) is 6.54 Å². The average Bonchev–Trinajstić information content (AvgIpc) is 2.90. The van der Waals surface area contributed by atoms with Crippen LogP contribution in [0.5, 0.6) is 0 Å². The van der Waals surface area contributed by atoms with Gasteiger partial charge in [0.2, 0.25) is 0 Å². The topological polar surface area (TPSA) is 49.5 Å². The summed E-state index contributed by atoms with van der Waals surface area (Å²) in [5.74, 6) is 0. The fourth-order valence-corrected chi connectivity index (χ4v) is 4.02. The molecule has 1 aromatic heterocycles. The highest BCUT2D eigenvalue weighted by Gasteiger charge is 2.34. The summed E-state index contributed by atoms with van der Waals surface area (Å²) in [4.78, 5) is 3.85. The molecule has 4 atom stereocenters. The Balaban J connectivity index is 2.15. The summed E-state index contributed by atoms with van der Waals surface area (Å²) >= 11 is 1.78. The maximum Gasteiger partial charge on any atom is 0.0593 e. The Bertz CT molecular complexity index is 351. The van der Waals surface area contributed by atoms with Crippen molar-refractivity contribution < 1.29 is 5.11 Å². The lowest BCUT2D eigenvalue weighted by Gasteiger charge is -2.35. The van der Waals surface area contributed by atoms with Crippen molar-refractivity contribution in [3.05, 3.63) is 22.4 Å². The standard InChI is InChI=1S/C14H24N2OS/c1-10(17)9-12-5-3-7-16(12)14(11(2)15)13-6-4-8-18-13/h4,6,8,10-12,14,17H,3,5,7,9,15H2,1-2H3. The second-order valence-corrected chi connectivity index (χ2v) is 6.42. The van der Waals surface area contributed by atoms with Crippen molar-refractivity contribution >= 4 is 11.3 Å². The van der Waals surface area contributed by atoms with Gasteiger partial charge in [-0.15, -0.1) is 11.3 Å². The second-order valence-electron chi connectivity index (χ2n) is 5.44. The van der Waals surface area contributed by atoms with Gasteiger partial charge in [0.15, 0.2) is 0 Å². The van der Waals surface area contributed by atoms with Gasteiger partial charge in [0.25, 0.3) is 0 Å². The van der Waals surface area contributed by atoms with E-state index >= 15 is 0 Å². The molecule has 1 aromatic rings. The van der Waals surface area contributed by atoms with E-state index in [-0.39, 0.29) is 12.1 Å². The molecular weight excluding hydrogens is 244 g/mol. The minimum absolute atomic E-state index is 0.123. The lowest BCUT2D eigenvalue weighted by molar-refractivity contribution is 0.102. The molecule has 0 aromatic carbocycles. The van der Waals surface area contributed by atoms with Crippen molar-refractivity contribution in [1.29, 1.82) is 0 Å². The summed E-state index contributed by atoms with van der Waals surface area (Å²) in [7, 11) is 0. The summed E-state index contributed by atoms with van der Waals surface area (Å²) < 4.78 is 0. The van der Waals surface area contributed by atoms with Crippen LogP contribution < -0.4 is 5.73 Å². The molecular formula is C14H24N2OS. The predicted molar refractivity (Wildman–Crippen MR) is 76.7 cm³/mol. The van der Waals surface area contributed by atoms with E-state index in [4.69, 9.17) is 5.73 Å². The third-order valence-electron chi connectivity index (χ3n) is 3.73. The molecule has 0 saturated carbocycles. The van der Waals surface area contributed by atoms with Crippen LogP contribution in [0.1, 0.15) is 44.0 Å². The molecule has 0 radical (unpaired) electrons. The van der Waals surface area contributed by atoms with Crippen LogP contribution in [-0.2, 0) is 0 Å². The maximum atomic E-state index is 9.63. The van der Waals surface area contributed by atoms with E-state index in [0.29, 0.717) is 12.1 Å². The van der Waals surface area contributed by atoms with Crippen molar-refractivity contribution in [1.82, 2.24) is 4.90 Å². The SMILES string of the molecule is CC(O)CC1CCCN1C(c1cccs1)C(C)N. The highest BCUT2D eigenvalue weighted by atomic mass is 32.1. The normalized spacial score (nSPS) is 26.1. The molecule has 102 valence electrons. The number of nitrogens with zero attached hydrogens (tertiary/aromatic N) is 1. The molecule has 4 unspecified atom stereocenters. The molecule has 1 aliphatic rings. The number of aliphatic hydroxyl groups is 1. The van der Waals surface area contributed by atoms with Gasteiger partial charge in [0, 0.05) is 17.0 Å². The molecule has 3 nitrogen and oxygen atoms in total. The molecule has 0 amide bonds. The first kappa shape index (κ1) is 14.0.